The topological polar surface area (TPSA) is 0 Å². The zero-order valence-corrected chi connectivity index (χ0v) is 10.5. The molecule has 0 amide bonds. The first-order valence-electron chi connectivity index (χ1n) is 6.64. The molecule has 0 heterocycles. The van der Waals surface area contributed by atoms with Crippen LogP contribution in [-0.2, 0) is 38.5 Å². The van der Waals surface area contributed by atoms with Gasteiger partial charge in [-0.1, -0.05) is 11.6 Å². The van der Waals surface area contributed by atoms with E-state index in [1.165, 1.54) is 49.5 Å². The predicted octanol–water partition coefficient (Wildman–Crippen LogP) is 3.79. The third-order valence-corrected chi connectivity index (χ3v) is 5.50. The van der Waals surface area contributed by atoms with Crippen molar-refractivity contribution < 1.29 is 0 Å². The van der Waals surface area contributed by atoms with Crippen molar-refractivity contribution in [1.82, 2.24) is 0 Å². The van der Waals surface area contributed by atoms with Gasteiger partial charge < -0.3 is 0 Å². The molecule has 3 aliphatic carbocycles. The summed E-state index contributed by atoms with van der Waals surface area (Å²) in [6.07, 6.45) is 7.56. The summed E-state index contributed by atoms with van der Waals surface area (Å²) in [7, 11) is 0. The molecule has 0 aliphatic heterocycles. The Hall–Kier alpha value is -1.01. The smallest absolute Gasteiger partial charge is 0.0519 e. The maximum absolute atomic E-state index is 6.60. The fourth-order valence-electron chi connectivity index (χ4n) is 4.04. The second kappa shape index (κ2) is 2.70. The second-order valence-electron chi connectivity index (χ2n) is 5.67. The molecule has 3 aliphatic rings. The van der Waals surface area contributed by atoms with Gasteiger partial charge in [-0.3, -0.25) is 0 Å². The molecule has 84 valence electrons. The van der Waals surface area contributed by atoms with Crippen LogP contribution in [0.1, 0.15) is 33.4 Å². The van der Waals surface area contributed by atoms with Crippen molar-refractivity contribution in [3.63, 3.8) is 0 Å². The highest BCUT2D eigenvalue weighted by molar-refractivity contribution is 6.37. The highest BCUT2D eigenvalue weighted by atomic mass is 35.5. The van der Waals surface area contributed by atoms with Crippen LogP contribution >= 0.6 is 11.6 Å². The van der Waals surface area contributed by atoms with Gasteiger partial charge in [0.25, 0.3) is 0 Å². The van der Waals surface area contributed by atoms with Crippen molar-refractivity contribution in [1.29, 1.82) is 0 Å². The summed E-state index contributed by atoms with van der Waals surface area (Å²) < 4.78 is 0. The first-order valence-corrected chi connectivity index (χ1v) is 7.02. The molecule has 0 bridgehead atoms. The van der Waals surface area contributed by atoms with Crippen LogP contribution in [0, 0.1) is 0 Å². The Labute approximate surface area is 106 Å². The highest BCUT2D eigenvalue weighted by Gasteiger charge is 2.31. The van der Waals surface area contributed by atoms with E-state index in [2.05, 4.69) is 6.07 Å². The number of benzene rings is 2. The van der Waals surface area contributed by atoms with Gasteiger partial charge in [0.2, 0.25) is 0 Å². The van der Waals surface area contributed by atoms with Gasteiger partial charge in [-0.05, 0) is 83.4 Å². The molecule has 0 unspecified atom stereocenters. The van der Waals surface area contributed by atoms with E-state index in [0.717, 1.165) is 5.02 Å². The molecule has 0 nitrogen and oxygen atoms in total. The van der Waals surface area contributed by atoms with Gasteiger partial charge in [-0.2, -0.15) is 0 Å². The van der Waals surface area contributed by atoms with E-state index in [4.69, 9.17) is 11.6 Å². The number of halogens is 1. The minimum Gasteiger partial charge on any atom is -0.0833 e. The lowest BCUT2D eigenvalue weighted by atomic mass is 9.78. The zero-order valence-electron chi connectivity index (χ0n) is 9.70. The summed E-state index contributed by atoms with van der Waals surface area (Å²) in [5.74, 6) is 0. The first kappa shape index (κ1) is 8.99. The lowest BCUT2D eigenvalue weighted by Gasteiger charge is -2.28. The zero-order chi connectivity index (χ0) is 11.1. The average molecular weight is 241 g/mol. The summed E-state index contributed by atoms with van der Waals surface area (Å²) in [4.78, 5) is 0. The van der Waals surface area contributed by atoms with Crippen LogP contribution in [0.15, 0.2) is 6.07 Å². The van der Waals surface area contributed by atoms with Crippen LogP contribution in [0.25, 0.3) is 10.8 Å². The summed E-state index contributed by atoms with van der Waals surface area (Å²) in [6.45, 7) is 0. The molecule has 1 heteroatoms. The fraction of sp³-hybridized carbons (Fsp3) is 0.375. The van der Waals surface area contributed by atoms with Crippen LogP contribution in [0.2, 0.25) is 5.02 Å². The fourth-order valence-corrected chi connectivity index (χ4v) is 4.40. The number of hydrogen-bond acceptors (Lipinski definition) is 0. The molecule has 17 heavy (non-hydrogen) atoms. The van der Waals surface area contributed by atoms with E-state index in [9.17, 15) is 0 Å². The van der Waals surface area contributed by atoms with Crippen LogP contribution in [-0.4, -0.2) is 0 Å². The molecule has 0 saturated carbocycles. The lowest BCUT2D eigenvalue weighted by Crippen LogP contribution is -2.14. The van der Waals surface area contributed by atoms with E-state index in [0.29, 0.717) is 0 Å². The average Bonchev–Trinajstić information content (AvgIpc) is 2.59. The normalized spacial score (nSPS) is 18.6. The third-order valence-electron chi connectivity index (χ3n) is 5.07. The van der Waals surface area contributed by atoms with Crippen molar-refractivity contribution in [3.8, 4) is 0 Å². The van der Waals surface area contributed by atoms with Gasteiger partial charge in [0, 0.05) is 5.39 Å². The molecule has 0 fully saturated rings. The number of rotatable bonds is 0. The lowest BCUT2D eigenvalue weighted by molar-refractivity contribution is 0.810. The van der Waals surface area contributed by atoms with Crippen molar-refractivity contribution in [2.75, 3.05) is 0 Å². The predicted molar refractivity (Wildman–Crippen MR) is 71.2 cm³/mol. The van der Waals surface area contributed by atoms with Crippen LogP contribution in [0.4, 0.5) is 0 Å². The number of fused-ring (bicyclic) bond motifs is 4. The quantitative estimate of drug-likeness (QED) is 0.657. The monoisotopic (exact) mass is 240 g/mol. The Morgan fingerprint density at radius 1 is 0.706 bits per heavy atom. The van der Waals surface area contributed by atoms with E-state index in [1.54, 1.807) is 33.2 Å². The maximum atomic E-state index is 6.60. The molecule has 2 aromatic carbocycles. The van der Waals surface area contributed by atoms with Crippen molar-refractivity contribution >= 4 is 22.4 Å². The van der Waals surface area contributed by atoms with Gasteiger partial charge in [-0.15, -0.1) is 0 Å². The highest BCUT2D eigenvalue weighted by Crippen LogP contribution is 2.47. The summed E-state index contributed by atoms with van der Waals surface area (Å²) in [5, 5.41) is 3.99. The maximum Gasteiger partial charge on any atom is 0.0519 e. The SMILES string of the molecule is Clc1c2c(c3c4c(c5c(cc14)CC5)CC3)CC2. The number of hydrogen-bond donors (Lipinski definition) is 0. The van der Waals surface area contributed by atoms with Crippen molar-refractivity contribution in [2.45, 2.75) is 38.5 Å². The van der Waals surface area contributed by atoms with Crippen LogP contribution < -0.4 is 0 Å². The summed E-state index contributed by atoms with van der Waals surface area (Å²) in [5.41, 5.74) is 9.58. The molecule has 0 spiro atoms. The first-order chi connectivity index (χ1) is 8.34. The number of aryl methyl sites for hydroxylation is 3. The minimum absolute atomic E-state index is 1.07. The van der Waals surface area contributed by atoms with E-state index < -0.39 is 0 Å². The molecule has 0 aromatic heterocycles. The molecule has 0 radical (unpaired) electrons. The van der Waals surface area contributed by atoms with Crippen LogP contribution in [0.3, 0.4) is 0 Å². The Morgan fingerprint density at radius 3 is 2.00 bits per heavy atom. The molecular formula is C16H13Cl. The van der Waals surface area contributed by atoms with Crippen LogP contribution in [0.5, 0.6) is 0 Å². The molecule has 0 saturated heterocycles. The molecule has 0 N–H and O–H groups in total. The Balaban J connectivity index is 2.07. The van der Waals surface area contributed by atoms with E-state index >= 15 is 0 Å². The van der Waals surface area contributed by atoms with E-state index in [-0.39, 0.29) is 0 Å². The third kappa shape index (κ3) is 0.868. The Morgan fingerprint density at radius 2 is 1.35 bits per heavy atom. The van der Waals surface area contributed by atoms with Gasteiger partial charge in [0.15, 0.2) is 0 Å². The van der Waals surface area contributed by atoms with Gasteiger partial charge in [0.1, 0.15) is 0 Å². The van der Waals surface area contributed by atoms with Gasteiger partial charge in [-0.25, -0.2) is 0 Å². The van der Waals surface area contributed by atoms with Gasteiger partial charge in [0.05, 0.1) is 5.02 Å². The second-order valence-corrected chi connectivity index (χ2v) is 6.04. The molecule has 5 rings (SSSR count). The van der Waals surface area contributed by atoms with Gasteiger partial charge >= 0.3 is 0 Å². The van der Waals surface area contributed by atoms with Crippen molar-refractivity contribution in [2.24, 2.45) is 0 Å². The Bertz CT molecular complexity index is 700. The Kier molecular flexibility index (Phi) is 1.43. The largest absolute Gasteiger partial charge is 0.0833 e. The van der Waals surface area contributed by atoms with Crippen molar-refractivity contribution in [3.05, 3.63) is 44.5 Å². The molecule has 0 atom stereocenters. The molecular weight excluding hydrogens is 228 g/mol. The summed E-state index contributed by atoms with van der Waals surface area (Å²) >= 11 is 6.60. The van der Waals surface area contributed by atoms with E-state index in [1.807, 2.05) is 0 Å². The molecule has 2 aromatic rings. The minimum atomic E-state index is 1.07. The summed E-state index contributed by atoms with van der Waals surface area (Å²) in [6, 6.07) is 2.38. The standard InChI is InChI=1S/C16H13Cl/c17-16-13-6-3-10(13)12-5-4-11-9-2-1-8(9)7-14(16)15(11)12/h7H,1-6H2.